The molecule has 1 saturated carbocycles. The number of alkyl halides is 1. The number of anilines is 1. The molecule has 0 bridgehead atoms. The van der Waals surface area contributed by atoms with Gasteiger partial charge in [0, 0.05) is 6.04 Å². The summed E-state index contributed by atoms with van der Waals surface area (Å²) in [5, 5.41) is 36.2. The molecule has 0 aliphatic heterocycles. The lowest BCUT2D eigenvalue weighted by atomic mass is 10.0. The average molecular weight is 644 g/mol. The van der Waals surface area contributed by atoms with Gasteiger partial charge in [0.05, 0.1) is 12.9 Å². The predicted octanol–water partition coefficient (Wildman–Crippen LogP) is 3.13. The SMILES string of the molecule is CC/C=C(/COP(=O)(O)CP(=O)(O)O)[C@@H](O)[C@H](F)[C@@H](O)n1cnc2c(NC3CCCC3)nc(C(O)c3ccccc3)nc21. The second-order valence-electron chi connectivity index (χ2n) is 10.4. The van der Waals surface area contributed by atoms with E-state index in [1.807, 2.05) is 0 Å². The smallest absolute Gasteiger partial charge is 0.340 e. The first-order valence-corrected chi connectivity index (χ1v) is 17.3. The normalized spacial score (nSPS) is 19.2. The molecule has 1 fully saturated rings. The number of aliphatic hydroxyl groups excluding tert-OH is 3. The Morgan fingerprint density at radius 2 is 1.81 bits per heavy atom. The fourth-order valence-electron chi connectivity index (χ4n) is 4.90. The predicted molar refractivity (Wildman–Crippen MR) is 155 cm³/mol. The summed E-state index contributed by atoms with van der Waals surface area (Å²) in [4.78, 5) is 41.0. The van der Waals surface area contributed by atoms with Crippen molar-refractivity contribution in [1.82, 2.24) is 19.5 Å². The van der Waals surface area contributed by atoms with Gasteiger partial charge in [-0.2, -0.15) is 0 Å². The molecule has 1 aliphatic rings. The average Bonchev–Trinajstić information content (AvgIpc) is 3.63. The van der Waals surface area contributed by atoms with E-state index in [9.17, 15) is 29.3 Å². The van der Waals surface area contributed by atoms with Gasteiger partial charge in [-0.3, -0.25) is 13.7 Å². The van der Waals surface area contributed by atoms with Crippen LogP contribution >= 0.6 is 15.2 Å². The molecule has 5 atom stereocenters. The van der Waals surface area contributed by atoms with Gasteiger partial charge in [0.1, 0.15) is 12.2 Å². The summed E-state index contributed by atoms with van der Waals surface area (Å²) >= 11 is 0. The van der Waals surface area contributed by atoms with Crippen LogP contribution in [0.5, 0.6) is 0 Å². The van der Waals surface area contributed by atoms with Crippen LogP contribution in [0.1, 0.15) is 62.7 Å². The first-order valence-electron chi connectivity index (χ1n) is 13.7. The van der Waals surface area contributed by atoms with E-state index in [1.54, 1.807) is 37.3 Å². The van der Waals surface area contributed by atoms with Crippen molar-refractivity contribution in [2.45, 2.75) is 69.7 Å². The molecule has 0 radical (unpaired) electrons. The second-order valence-corrected chi connectivity index (χ2v) is 14.4. The fourth-order valence-corrected chi connectivity index (χ4v) is 7.43. The minimum Gasteiger partial charge on any atom is -0.385 e. The highest BCUT2D eigenvalue weighted by Gasteiger charge is 2.35. The van der Waals surface area contributed by atoms with Crippen LogP contribution in [0.4, 0.5) is 10.2 Å². The van der Waals surface area contributed by atoms with Crippen molar-refractivity contribution >= 4 is 32.2 Å². The molecule has 0 saturated heterocycles. The molecular formula is C26H36FN5O9P2. The Morgan fingerprint density at radius 3 is 2.44 bits per heavy atom. The standard InChI is InChI=1S/C26H36FN5O9P2/c1-2-8-17(13-41-43(39,40)15-42(36,37)38)21(33)19(27)26(35)32-14-28-20-23(29-18-11-6-7-12-18)30-24(31-25(20)32)22(34)16-9-4-3-5-10-16/h3-5,8-10,14,18-19,21-22,26,33-35H,2,6-7,11-13,15H2,1H3,(H,39,40)(H,29,30,31)(H2,36,37,38)/b17-8-/t19-,21+,22?,26+/m0/s1. The number of aliphatic hydroxyl groups is 3. The highest BCUT2D eigenvalue weighted by Crippen LogP contribution is 2.55. The molecule has 1 aromatic carbocycles. The van der Waals surface area contributed by atoms with E-state index in [1.165, 1.54) is 6.08 Å². The van der Waals surface area contributed by atoms with Crippen LogP contribution in [-0.4, -0.2) is 80.3 Å². The van der Waals surface area contributed by atoms with Gasteiger partial charge >= 0.3 is 15.2 Å². The van der Waals surface area contributed by atoms with Gasteiger partial charge in [0.25, 0.3) is 0 Å². The minimum atomic E-state index is -4.90. The Morgan fingerprint density at radius 1 is 1.14 bits per heavy atom. The summed E-state index contributed by atoms with van der Waals surface area (Å²) in [7, 11) is -9.69. The molecule has 17 heteroatoms. The zero-order chi connectivity index (χ0) is 31.4. The molecule has 0 spiro atoms. The Balaban J connectivity index is 1.64. The summed E-state index contributed by atoms with van der Waals surface area (Å²) in [6.07, 6.45) is -1.25. The van der Waals surface area contributed by atoms with Crippen molar-refractivity contribution in [3.05, 3.63) is 59.7 Å². The van der Waals surface area contributed by atoms with Gasteiger partial charge in [0.2, 0.25) is 0 Å². The minimum absolute atomic E-state index is 0.0124. The maximum absolute atomic E-state index is 15.7. The molecular weight excluding hydrogens is 607 g/mol. The zero-order valence-electron chi connectivity index (χ0n) is 23.3. The number of nitrogens with one attached hydrogen (secondary N) is 1. The highest BCUT2D eigenvalue weighted by molar-refractivity contribution is 7.70. The topological polar surface area (TPSA) is 220 Å². The third-order valence-electron chi connectivity index (χ3n) is 7.01. The molecule has 14 nitrogen and oxygen atoms in total. The molecule has 0 amide bonds. The number of imidazole rings is 1. The van der Waals surface area contributed by atoms with Gasteiger partial charge in [-0.1, -0.05) is 56.2 Å². The van der Waals surface area contributed by atoms with Crippen LogP contribution in [0.3, 0.4) is 0 Å². The lowest BCUT2D eigenvalue weighted by Gasteiger charge is -2.25. The molecule has 2 heterocycles. The molecule has 7 N–H and O–H groups in total. The third-order valence-corrected chi connectivity index (χ3v) is 10.4. The zero-order valence-corrected chi connectivity index (χ0v) is 25.1. The third kappa shape index (κ3) is 8.53. The van der Waals surface area contributed by atoms with Crippen LogP contribution in [0.15, 0.2) is 48.3 Å². The molecule has 2 unspecified atom stereocenters. The van der Waals surface area contributed by atoms with Crippen LogP contribution in [-0.2, 0) is 13.7 Å². The van der Waals surface area contributed by atoms with Gasteiger partial charge in [-0.15, -0.1) is 0 Å². The molecule has 2 aromatic heterocycles. The van der Waals surface area contributed by atoms with Gasteiger partial charge < -0.3 is 39.8 Å². The van der Waals surface area contributed by atoms with Gasteiger partial charge in [-0.25, -0.2) is 19.3 Å². The Kier molecular flexibility index (Phi) is 10.9. The molecule has 236 valence electrons. The van der Waals surface area contributed by atoms with E-state index in [2.05, 4.69) is 20.3 Å². The molecule has 4 rings (SSSR count). The number of allylic oxidation sites excluding steroid dienone is 1. The first kappa shape index (κ1) is 33.3. The van der Waals surface area contributed by atoms with Crippen LogP contribution in [0.2, 0.25) is 0 Å². The lowest BCUT2D eigenvalue weighted by Crippen LogP contribution is -2.34. The number of rotatable bonds is 14. The maximum atomic E-state index is 15.7. The summed E-state index contributed by atoms with van der Waals surface area (Å²) in [6, 6.07) is 8.75. The Bertz CT molecular complexity index is 1510. The summed E-state index contributed by atoms with van der Waals surface area (Å²) in [5.41, 5.74) is 0.481. The number of halogens is 1. The monoisotopic (exact) mass is 643 g/mol. The van der Waals surface area contributed by atoms with Crippen LogP contribution < -0.4 is 5.32 Å². The molecule has 3 aromatic rings. The van der Waals surface area contributed by atoms with E-state index >= 15 is 4.39 Å². The van der Waals surface area contributed by atoms with Crippen LogP contribution in [0.25, 0.3) is 11.2 Å². The summed E-state index contributed by atoms with van der Waals surface area (Å²) in [6.45, 7) is 0.814. The van der Waals surface area contributed by atoms with Crippen molar-refractivity contribution in [3.8, 4) is 0 Å². The van der Waals surface area contributed by atoms with Crippen molar-refractivity contribution in [3.63, 3.8) is 0 Å². The van der Waals surface area contributed by atoms with Crippen molar-refractivity contribution in [2.75, 3.05) is 17.8 Å². The summed E-state index contributed by atoms with van der Waals surface area (Å²) in [5.74, 6) is -1.17. The van der Waals surface area contributed by atoms with E-state index in [0.29, 0.717) is 11.4 Å². The van der Waals surface area contributed by atoms with E-state index < -0.39 is 52.3 Å². The molecule has 1 aliphatic carbocycles. The van der Waals surface area contributed by atoms with Crippen molar-refractivity contribution in [1.29, 1.82) is 0 Å². The summed E-state index contributed by atoms with van der Waals surface area (Å²) < 4.78 is 44.7. The van der Waals surface area contributed by atoms with Crippen molar-refractivity contribution < 1.29 is 48.0 Å². The van der Waals surface area contributed by atoms with E-state index in [4.69, 9.17) is 14.3 Å². The van der Waals surface area contributed by atoms with E-state index in [0.717, 1.165) is 36.6 Å². The number of benzene rings is 1. The van der Waals surface area contributed by atoms with Gasteiger partial charge in [0.15, 0.2) is 41.1 Å². The van der Waals surface area contributed by atoms with Crippen LogP contribution in [0, 0.1) is 0 Å². The highest BCUT2D eigenvalue weighted by atomic mass is 31.2. The number of hydrogen-bond donors (Lipinski definition) is 7. The lowest BCUT2D eigenvalue weighted by molar-refractivity contribution is -0.0352. The Hall–Kier alpha value is -2.58. The fraction of sp³-hybridized carbons (Fsp3) is 0.500. The number of fused-ring (bicyclic) bond motifs is 1. The Labute approximate surface area is 247 Å². The van der Waals surface area contributed by atoms with Gasteiger partial charge in [-0.05, 0) is 30.4 Å². The number of nitrogens with zero attached hydrogens (tertiary/aromatic N) is 4. The number of hydrogen-bond acceptors (Lipinski definition) is 10. The second kappa shape index (κ2) is 14.0. The first-order chi connectivity index (χ1) is 20.3. The largest absolute Gasteiger partial charge is 0.385 e. The van der Waals surface area contributed by atoms with E-state index in [-0.39, 0.29) is 35.0 Å². The quantitative estimate of drug-likeness (QED) is 0.0993. The number of aromatic nitrogens is 4. The van der Waals surface area contributed by atoms with Crippen molar-refractivity contribution in [2.24, 2.45) is 0 Å². The maximum Gasteiger partial charge on any atom is 0.340 e. The molecule has 43 heavy (non-hydrogen) atoms.